The van der Waals surface area contributed by atoms with Crippen LogP contribution in [0.25, 0.3) is 0 Å². The molecule has 1 N–H and O–H groups in total. The van der Waals surface area contributed by atoms with E-state index in [1.165, 1.54) is 18.6 Å². The summed E-state index contributed by atoms with van der Waals surface area (Å²) in [5.74, 6) is -0.0750. The Kier molecular flexibility index (Phi) is 3.14. The summed E-state index contributed by atoms with van der Waals surface area (Å²) in [4.78, 5) is 0. The molecule has 2 unspecified atom stereocenters. The number of rotatable bonds is 2. The minimum Gasteiger partial charge on any atom is -0.385 e. The maximum atomic E-state index is 13.0. The molecule has 0 amide bonds. The van der Waals surface area contributed by atoms with Gasteiger partial charge in [0.25, 0.3) is 0 Å². The average molecular weight is 264 g/mol. The third kappa shape index (κ3) is 2.30. The molecule has 1 aliphatic heterocycles. The van der Waals surface area contributed by atoms with Crippen LogP contribution < -0.4 is 0 Å². The summed E-state index contributed by atoms with van der Waals surface area (Å²) in [5.41, 5.74) is -0.0808. The predicted molar refractivity (Wildman–Crippen MR) is 71.2 cm³/mol. The van der Waals surface area contributed by atoms with Gasteiger partial charge in [0, 0.05) is 6.61 Å². The Morgan fingerprint density at radius 3 is 2.58 bits per heavy atom. The lowest BCUT2D eigenvalue weighted by Crippen LogP contribution is -2.49. The molecule has 1 aromatic rings. The van der Waals surface area contributed by atoms with Crippen LogP contribution in [0.5, 0.6) is 0 Å². The summed E-state index contributed by atoms with van der Waals surface area (Å²) < 4.78 is 18.9. The Morgan fingerprint density at radius 2 is 2.00 bits per heavy atom. The molecule has 2 atom stereocenters. The van der Waals surface area contributed by atoms with Crippen molar-refractivity contribution in [1.82, 2.24) is 0 Å². The van der Waals surface area contributed by atoms with Gasteiger partial charge in [-0.3, -0.25) is 0 Å². The van der Waals surface area contributed by atoms with Crippen LogP contribution in [-0.4, -0.2) is 17.3 Å². The highest BCUT2D eigenvalue weighted by molar-refractivity contribution is 5.23. The van der Waals surface area contributed by atoms with E-state index in [2.05, 4.69) is 0 Å². The van der Waals surface area contributed by atoms with Gasteiger partial charge in [-0.25, -0.2) is 4.39 Å². The zero-order chi connectivity index (χ0) is 13.5. The number of hydrogen-bond donors (Lipinski definition) is 1. The summed E-state index contributed by atoms with van der Waals surface area (Å²) >= 11 is 0. The number of hydrogen-bond acceptors (Lipinski definition) is 2. The van der Waals surface area contributed by atoms with Gasteiger partial charge in [0.1, 0.15) is 5.82 Å². The van der Waals surface area contributed by atoms with Gasteiger partial charge >= 0.3 is 0 Å². The second-order valence-corrected chi connectivity index (χ2v) is 6.23. The Morgan fingerprint density at radius 1 is 1.32 bits per heavy atom. The fourth-order valence-corrected chi connectivity index (χ4v) is 3.45. The van der Waals surface area contributed by atoms with Crippen LogP contribution in [-0.2, 0) is 10.3 Å². The lowest BCUT2D eigenvalue weighted by molar-refractivity contribution is -0.174. The normalized spacial score (nSPS) is 28.7. The summed E-state index contributed by atoms with van der Waals surface area (Å²) in [6.45, 7) is 2.57. The number of benzene rings is 1. The monoisotopic (exact) mass is 264 g/mol. The topological polar surface area (TPSA) is 29.5 Å². The smallest absolute Gasteiger partial charge is 0.123 e. The van der Waals surface area contributed by atoms with Crippen molar-refractivity contribution in [3.8, 4) is 0 Å². The summed E-state index contributed by atoms with van der Waals surface area (Å²) in [6, 6.07) is 6.22. The van der Waals surface area contributed by atoms with E-state index < -0.39 is 5.60 Å². The van der Waals surface area contributed by atoms with Gasteiger partial charge in [-0.1, -0.05) is 12.1 Å². The lowest BCUT2D eigenvalue weighted by atomic mass is 9.67. The SMILES string of the molecule is CC(O)(c1ccc(F)cc1)C1CCOC2(CCC2)C1. The largest absolute Gasteiger partial charge is 0.385 e. The van der Waals surface area contributed by atoms with Gasteiger partial charge in [-0.2, -0.15) is 0 Å². The van der Waals surface area contributed by atoms with Crippen molar-refractivity contribution in [2.75, 3.05) is 6.61 Å². The molecule has 0 aromatic heterocycles. The van der Waals surface area contributed by atoms with E-state index in [9.17, 15) is 9.50 Å². The minimum absolute atomic E-state index is 0.0208. The maximum Gasteiger partial charge on any atom is 0.123 e. The van der Waals surface area contributed by atoms with E-state index in [1.807, 2.05) is 6.92 Å². The highest BCUT2D eigenvalue weighted by Crippen LogP contribution is 2.48. The van der Waals surface area contributed by atoms with E-state index in [0.717, 1.165) is 37.9 Å². The molecule has 104 valence electrons. The molecule has 0 bridgehead atoms. The van der Waals surface area contributed by atoms with Crippen LogP contribution in [0.2, 0.25) is 0 Å². The molecular weight excluding hydrogens is 243 g/mol. The van der Waals surface area contributed by atoms with E-state index in [4.69, 9.17) is 4.74 Å². The Bertz CT molecular complexity index is 448. The first-order chi connectivity index (χ1) is 9.02. The van der Waals surface area contributed by atoms with Crippen molar-refractivity contribution < 1.29 is 14.2 Å². The van der Waals surface area contributed by atoms with Crippen molar-refractivity contribution in [2.24, 2.45) is 5.92 Å². The zero-order valence-corrected chi connectivity index (χ0v) is 11.4. The molecular formula is C16H21FO2. The first-order valence-electron chi connectivity index (χ1n) is 7.14. The van der Waals surface area contributed by atoms with Crippen LogP contribution in [0.3, 0.4) is 0 Å². The molecule has 1 aromatic carbocycles. The third-order valence-electron chi connectivity index (χ3n) is 4.98. The Balaban J connectivity index is 1.81. The van der Waals surface area contributed by atoms with Crippen molar-refractivity contribution in [2.45, 2.75) is 50.2 Å². The molecule has 3 rings (SSSR count). The van der Waals surface area contributed by atoms with Crippen molar-refractivity contribution >= 4 is 0 Å². The third-order valence-corrected chi connectivity index (χ3v) is 4.98. The number of aliphatic hydroxyl groups is 1. The molecule has 1 saturated heterocycles. The molecule has 1 saturated carbocycles. The Hall–Kier alpha value is -0.930. The second-order valence-electron chi connectivity index (χ2n) is 6.23. The molecule has 1 spiro atoms. The van der Waals surface area contributed by atoms with Gasteiger partial charge in [-0.15, -0.1) is 0 Å². The molecule has 1 heterocycles. The van der Waals surface area contributed by atoms with Crippen molar-refractivity contribution in [3.63, 3.8) is 0 Å². The quantitative estimate of drug-likeness (QED) is 0.887. The van der Waals surface area contributed by atoms with Gasteiger partial charge < -0.3 is 9.84 Å². The summed E-state index contributed by atoms with van der Waals surface area (Å²) in [5, 5.41) is 10.9. The lowest BCUT2D eigenvalue weighted by Gasteiger charge is -2.50. The van der Waals surface area contributed by atoms with Gasteiger partial charge in [0.15, 0.2) is 0 Å². The van der Waals surface area contributed by atoms with E-state index in [-0.39, 0.29) is 17.3 Å². The van der Waals surface area contributed by atoms with E-state index >= 15 is 0 Å². The van der Waals surface area contributed by atoms with Crippen LogP contribution >= 0.6 is 0 Å². The summed E-state index contributed by atoms with van der Waals surface area (Å²) in [6.07, 6.45) is 5.24. The average Bonchev–Trinajstić information content (AvgIpc) is 2.37. The molecule has 0 radical (unpaired) electrons. The van der Waals surface area contributed by atoms with Gasteiger partial charge in [0.2, 0.25) is 0 Å². The Labute approximate surface area is 113 Å². The molecule has 19 heavy (non-hydrogen) atoms. The van der Waals surface area contributed by atoms with Gasteiger partial charge in [-0.05, 0) is 62.6 Å². The predicted octanol–water partition coefficient (Wildman–Crippen LogP) is 3.38. The highest BCUT2D eigenvalue weighted by atomic mass is 19.1. The zero-order valence-electron chi connectivity index (χ0n) is 11.4. The number of halogens is 1. The van der Waals surface area contributed by atoms with Crippen LogP contribution in [0.15, 0.2) is 24.3 Å². The highest BCUT2D eigenvalue weighted by Gasteiger charge is 2.47. The second kappa shape index (κ2) is 4.57. The van der Waals surface area contributed by atoms with Crippen LogP contribution in [0.4, 0.5) is 4.39 Å². The maximum absolute atomic E-state index is 13.0. The molecule has 2 nitrogen and oxygen atoms in total. The standard InChI is InChI=1S/C16H21FO2/c1-15(18,12-3-5-14(17)6-4-12)13-7-10-19-16(11-13)8-2-9-16/h3-6,13,18H,2,7-11H2,1H3. The molecule has 2 fully saturated rings. The van der Waals surface area contributed by atoms with Gasteiger partial charge in [0.05, 0.1) is 11.2 Å². The van der Waals surface area contributed by atoms with Crippen LogP contribution in [0, 0.1) is 11.7 Å². The van der Waals surface area contributed by atoms with Crippen molar-refractivity contribution in [1.29, 1.82) is 0 Å². The van der Waals surface area contributed by atoms with E-state index in [0.29, 0.717) is 0 Å². The molecule has 3 heteroatoms. The fourth-order valence-electron chi connectivity index (χ4n) is 3.45. The number of ether oxygens (including phenoxy) is 1. The van der Waals surface area contributed by atoms with Crippen LogP contribution in [0.1, 0.15) is 44.6 Å². The fraction of sp³-hybridized carbons (Fsp3) is 0.625. The molecule has 1 aliphatic carbocycles. The summed E-state index contributed by atoms with van der Waals surface area (Å²) in [7, 11) is 0. The van der Waals surface area contributed by atoms with Crippen molar-refractivity contribution in [3.05, 3.63) is 35.6 Å². The molecule has 2 aliphatic rings. The first-order valence-corrected chi connectivity index (χ1v) is 7.14. The van der Waals surface area contributed by atoms with E-state index in [1.54, 1.807) is 12.1 Å². The first kappa shape index (κ1) is 13.1. The minimum atomic E-state index is -0.903.